The number of ether oxygens (including phenoxy) is 1. The molecule has 1 amide bonds. The van der Waals surface area contributed by atoms with Gasteiger partial charge in [0.1, 0.15) is 11.3 Å². The summed E-state index contributed by atoms with van der Waals surface area (Å²) < 4.78 is 31.9. The Hall–Kier alpha value is -2.91. The summed E-state index contributed by atoms with van der Waals surface area (Å²) in [7, 11) is -3.75. The Kier molecular flexibility index (Phi) is 5.48. The van der Waals surface area contributed by atoms with Crippen molar-refractivity contribution in [2.45, 2.75) is 24.2 Å². The Labute approximate surface area is 174 Å². The topological polar surface area (TPSA) is 104 Å². The summed E-state index contributed by atoms with van der Waals surface area (Å²) in [6, 6.07) is 11.0. The van der Waals surface area contributed by atoms with Crippen molar-refractivity contribution in [2.75, 3.05) is 31.1 Å². The number of anilines is 1. The zero-order valence-electron chi connectivity index (χ0n) is 16.3. The number of phenols is 1. The molecule has 1 fully saturated rings. The van der Waals surface area contributed by atoms with Gasteiger partial charge in [0, 0.05) is 25.3 Å². The monoisotopic (exact) mass is 430 g/mol. The molecular formula is C21H22N2O6S. The van der Waals surface area contributed by atoms with Gasteiger partial charge < -0.3 is 14.7 Å². The summed E-state index contributed by atoms with van der Waals surface area (Å²) in [5, 5.41) is 10.0. The highest BCUT2D eigenvalue weighted by atomic mass is 32.2. The molecule has 4 rings (SSSR count). The van der Waals surface area contributed by atoms with Crippen LogP contribution in [0, 0.1) is 0 Å². The number of carbonyl (C=O) groups excluding carboxylic acids is 2. The van der Waals surface area contributed by atoms with E-state index in [2.05, 4.69) is 0 Å². The van der Waals surface area contributed by atoms with Gasteiger partial charge in [0.15, 0.2) is 6.61 Å². The number of carbonyl (C=O) groups is 2. The summed E-state index contributed by atoms with van der Waals surface area (Å²) in [5.41, 5.74) is 1.56. The number of hydrogen-bond acceptors (Lipinski definition) is 6. The number of hydrogen-bond donors (Lipinski definition) is 1. The first-order valence-electron chi connectivity index (χ1n) is 9.76. The third-order valence-electron chi connectivity index (χ3n) is 5.41. The van der Waals surface area contributed by atoms with Crippen molar-refractivity contribution in [2.24, 2.45) is 0 Å². The number of nitrogens with zero attached hydrogens (tertiary/aromatic N) is 2. The first kappa shape index (κ1) is 20.4. The van der Waals surface area contributed by atoms with Gasteiger partial charge >= 0.3 is 5.97 Å². The van der Waals surface area contributed by atoms with Gasteiger partial charge in [-0.1, -0.05) is 18.2 Å². The van der Waals surface area contributed by atoms with Crippen molar-refractivity contribution in [1.29, 1.82) is 0 Å². The Balaban J connectivity index is 1.47. The van der Waals surface area contributed by atoms with Gasteiger partial charge in [0.05, 0.1) is 4.90 Å². The number of fused-ring (bicyclic) bond motifs is 1. The van der Waals surface area contributed by atoms with Gasteiger partial charge in [-0.2, -0.15) is 4.31 Å². The number of aromatic hydroxyl groups is 1. The average Bonchev–Trinajstić information content (AvgIpc) is 3.42. The molecule has 30 heavy (non-hydrogen) atoms. The minimum Gasteiger partial charge on any atom is -0.507 e. The maximum absolute atomic E-state index is 12.7. The molecule has 0 unspecified atom stereocenters. The van der Waals surface area contributed by atoms with Gasteiger partial charge in [0.25, 0.3) is 5.91 Å². The van der Waals surface area contributed by atoms with E-state index in [0.29, 0.717) is 19.6 Å². The lowest BCUT2D eigenvalue weighted by Crippen LogP contribution is -2.33. The number of rotatable bonds is 5. The van der Waals surface area contributed by atoms with Crippen LogP contribution in [0.2, 0.25) is 0 Å². The fourth-order valence-corrected chi connectivity index (χ4v) is 5.34. The van der Waals surface area contributed by atoms with Gasteiger partial charge in [0.2, 0.25) is 10.0 Å². The fourth-order valence-electron chi connectivity index (χ4n) is 3.80. The number of benzene rings is 2. The van der Waals surface area contributed by atoms with Crippen molar-refractivity contribution in [1.82, 2.24) is 4.31 Å². The summed E-state index contributed by atoms with van der Waals surface area (Å²) in [4.78, 5) is 26.4. The van der Waals surface area contributed by atoms with Crippen LogP contribution in [0.15, 0.2) is 47.4 Å². The van der Waals surface area contributed by atoms with Crippen LogP contribution in [0.5, 0.6) is 5.75 Å². The van der Waals surface area contributed by atoms with Crippen LogP contribution in [0.1, 0.15) is 28.8 Å². The summed E-state index contributed by atoms with van der Waals surface area (Å²) in [6.45, 7) is 0.851. The molecule has 0 aliphatic carbocycles. The van der Waals surface area contributed by atoms with E-state index in [0.717, 1.165) is 42.6 Å². The molecule has 158 valence electrons. The molecular weight excluding hydrogens is 408 g/mol. The van der Waals surface area contributed by atoms with Crippen molar-refractivity contribution in [3.8, 4) is 5.75 Å². The first-order valence-corrected chi connectivity index (χ1v) is 11.2. The molecule has 0 atom stereocenters. The summed E-state index contributed by atoms with van der Waals surface area (Å²) in [5.74, 6) is -1.74. The van der Waals surface area contributed by atoms with E-state index in [-0.39, 0.29) is 16.4 Å². The standard InChI is InChI=1S/C21H22N2O6S/c24-19-8-7-16(30(27,28)22-10-3-4-11-22)13-17(19)21(26)29-14-20(25)23-12-9-15-5-1-2-6-18(15)23/h1-2,5-8,13,24H,3-4,9-12,14H2. The Bertz CT molecular complexity index is 1090. The maximum atomic E-state index is 12.7. The largest absolute Gasteiger partial charge is 0.507 e. The second-order valence-corrected chi connectivity index (χ2v) is 9.23. The molecule has 2 aliphatic rings. The molecule has 2 aliphatic heterocycles. The molecule has 9 heteroatoms. The van der Waals surface area contributed by atoms with Crippen LogP contribution in [0.25, 0.3) is 0 Å². The van der Waals surface area contributed by atoms with Crippen LogP contribution < -0.4 is 4.90 Å². The zero-order valence-corrected chi connectivity index (χ0v) is 17.1. The van der Waals surface area contributed by atoms with Crippen LogP contribution in [-0.4, -0.2) is 55.9 Å². The van der Waals surface area contributed by atoms with Crippen LogP contribution in [0.3, 0.4) is 0 Å². The molecule has 1 N–H and O–H groups in total. The van der Waals surface area contributed by atoms with Crippen molar-refractivity contribution < 1.29 is 27.9 Å². The third kappa shape index (κ3) is 3.78. The predicted octanol–water partition coefficient (Wildman–Crippen LogP) is 1.92. The number of esters is 1. The van der Waals surface area contributed by atoms with E-state index >= 15 is 0 Å². The lowest BCUT2D eigenvalue weighted by molar-refractivity contribution is -0.121. The van der Waals surface area contributed by atoms with E-state index in [9.17, 15) is 23.1 Å². The molecule has 0 saturated carbocycles. The lowest BCUT2D eigenvalue weighted by atomic mass is 10.2. The molecule has 2 aromatic rings. The number of para-hydroxylation sites is 1. The molecule has 0 aromatic heterocycles. The van der Waals surface area contributed by atoms with Gasteiger partial charge in [-0.05, 0) is 49.1 Å². The average molecular weight is 430 g/mol. The lowest BCUT2D eigenvalue weighted by Gasteiger charge is -2.18. The highest BCUT2D eigenvalue weighted by Gasteiger charge is 2.29. The van der Waals surface area contributed by atoms with Gasteiger partial charge in [-0.3, -0.25) is 4.79 Å². The molecule has 2 heterocycles. The van der Waals surface area contributed by atoms with Crippen molar-refractivity contribution >= 4 is 27.6 Å². The number of sulfonamides is 1. The maximum Gasteiger partial charge on any atom is 0.342 e. The molecule has 0 radical (unpaired) electrons. The number of amides is 1. The minimum absolute atomic E-state index is 0.0889. The van der Waals surface area contributed by atoms with Crippen molar-refractivity contribution in [3.63, 3.8) is 0 Å². The number of phenolic OH excluding ortho intramolecular Hbond substituents is 1. The van der Waals surface area contributed by atoms with Gasteiger partial charge in [-0.15, -0.1) is 0 Å². The van der Waals surface area contributed by atoms with Crippen LogP contribution in [0.4, 0.5) is 5.69 Å². The zero-order chi connectivity index (χ0) is 21.3. The van der Waals surface area contributed by atoms with E-state index in [1.54, 1.807) is 4.90 Å². The highest BCUT2D eigenvalue weighted by molar-refractivity contribution is 7.89. The Morgan fingerprint density at radius 3 is 2.53 bits per heavy atom. The van der Waals surface area contributed by atoms with Gasteiger partial charge in [-0.25, -0.2) is 13.2 Å². The molecule has 0 bridgehead atoms. The molecule has 8 nitrogen and oxygen atoms in total. The van der Waals surface area contributed by atoms with E-state index in [1.807, 2.05) is 24.3 Å². The Morgan fingerprint density at radius 2 is 1.77 bits per heavy atom. The van der Waals surface area contributed by atoms with Crippen LogP contribution >= 0.6 is 0 Å². The minimum atomic E-state index is -3.75. The molecule has 2 aromatic carbocycles. The van der Waals surface area contributed by atoms with Crippen molar-refractivity contribution in [3.05, 3.63) is 53.6 Å². The van der Waals surface area contributed by atoms with Crippen LogP contribution in [-0.2, 0) is 26.0 Å². The smallest absolute Gasteiger partial charge is 0.342 e. The second-order valence-electron chi connectivity index (χ2n) is 7.29. The fraction of sp³-hybridized carbons (Fsp3) is 0.333. The third-order valence-corrected chi connectivity index (χ3v) is 7.30. The van der Waals surface area contributed by atoms with E-state index < -0.39 is 28.3 Å². The second kappa shape index (κ2) is 8.08. The molecule has 0 spiro atoms. The highest BCUT2D eigenvalue weighted by Crippen LogP contribution is 2.28. The molecule has 1 saturated heterocycles. The first-order chi connectivity index (χ1) is 14.4. The summed E-state index contributed by atoms with van der Waals surface area (Å²) >= 11 is 0. The van der Waals surface area contributed by atoms with E-state index in [1.165, 1.54) is 10.4 Å². The summed E-state index contributed by atoms with van der Waals surface area (Å²) in [6.07, 6.45) is 2.30. The Morgan fingerprint density at radius 1 is 1.03 bits per heavy atom. The normalized spacial score (nSPS) is 16.5. The SMILES string of the molecule is O=C(OCC(=O)N1CCc2ccccc21)c1cc(S(=O)(=O)N2CCCC2)ccc1O. The van der Waals surface area contributed by atoms with E-state index in [4.69, 9.17) is 4.74 Å². The quantitative estimate of drug-likeness (QED) is 0.727. The predicted molar refractivity (Wildman–Crippen MR) is 109 cm³/mol.